The highest BCUT2D eigenvalue weighted by Gasteiger charge is 2.24. The molecule has 2 rings (SSSR count). The molecule has 1 unspecified atom stereocenters. The fraction of sp³-hybridized carbons (Fsp3) is 0.429. The number of hydrogen-bond acceptors (Lipinski definition) is 3. The maximum absolute atomic E-state index is 10.6. The second-order valence-electron chi connectivity index (χ2n) is 2.80. The summed E-state index contributed by atoms with van der Waals surface area (Å²) in [5, 5.41) is 11.6. The number of imidazole rings is 1. The summed E-state index contributed by atoms with van der Waals surface area (Å²) >= 11 is 0. The SMILES string of the molecule is O=C(O)C1Cc2[nH]cnc2CN1. The molecule has 5 nitrogen and oxygen atoms in total. The van der Waals surface area contributed by atoms with Gasteiger partial charge in [-0.1, -0.05) is 0 Å². The van der Waals surface area contributed by atoms with Gasteiger partial charge in [0.05, 0.1) is 12.0 Å². The maximum Gasteiger partial charge on any atom is 0.321 e. The van der Waals surface area contributed by atoms with Crippen LogP contribution in [0.1, 0.15) is 11.4 Å². The molecular weight excluding hydrogens is 158 g/mol. The first-order valence-corrected chi connectivity index (χ1v) is 3.74. The van der Waals surface area contributed by atoms with E-state index < -0.39 is 12.0 Å². The lowest BCUT2D eigenvalue weighted by Crippen LogP contribution is -2.41. The number of aromatic nitrogens is 2. The first-order chi connectivity index (χ1) is 5.77. The summed E-state index contributed by atoms with van der Waals surface area (Å²) in [4.78, 5) is 17.6. The average Bonchev–Trinajstić information content (AvgIpc) is 2.49. The van der Waals surface area contributed by atoms with Crippen LogP contribution >= 0.6 is 0 Å². The van der Waals surface area contributed by atoms with Crippen LogP contribution in [0.2, 0.25) is 0 Å². The number of H-pyrrole nitrogens is 1. The van der Waals surface area contributed by atoms with Crippen molar-refractivity contribution in [1.82, 2.24) is 15.3 Å². The molecule has 1 aliphatic heterocycles. The van der Waals surface area contributed by atoms with Crippen molar-refractivity contribution in [3.05, 3.63) is 17.7 Å². The van der Waals surface area contributed by atoms with Gasteiger partial charge in [-0.2, -0.15) is 0 Å². The first kappa shape index (κ1) is 7.30. The summed E-state index contributed by atoms with van der Waals surface area (Å²) in [7, 11) is 0. The molecule has 0 fully saturated rings. The van der Waals surface area contributed by atoms with Gasteiger partial charge in [-0.3, -0.25) is 10.1 Å². The Labute approximate surface area is 68.8 Å². The minimum atomic E-state index is -0.810. The van der Waals surface area contributed by atoms with Gasteiger partial charge < -0.3 is 10.1 Å². The predicted octanol–water partition coefficient (Wildman–Crippen LogP) is -0.491. The summed E-state index contributed by atoms with van der Waals surface area (Å²) in [5.41, 5.74) is 1.86. The van der Waals surface area contributed by atoms with Crippen molar-refractivity contribution in [2.24, 2.45) is 0 Å². The van der Waals surface area contributed by atoms with Crippen LogP contribution in [0, 0.1) is 0 Å². The topological polar surface area (TPSA) is 78.0 Å². The van der Waals surface area contributed by atoms with Gasteiger partial charge >= 0.3 is 5.97 Å². The number of rotatable bonds is 1. The zero-order valence-electron chi connectivity index (χ0n) is 6.37. The Morgan fingerprint density at radius 1 is 1.75 bits per heavy atom. The van der Waals surface area contributed by atoms with Gasteiger partial charge in [-0.15, -0.1) is 0 Å². The number of carboxylic acids is 1. The fourth-order valence-corrected chi connectivity index (χ4v) is 1.35. The number of carboxylic acid groups (broad SMARTS) is 1. The number of nitrogens with zero attached hydrogens (tertiary/aromatic N) is 1. The van der Waals surface area contributed by atoms with Gasteiger partial charge in [0.1, 0.15) is 6.04 Å². The van der Waals surface area contributed by atoms with Crippen molar-refractivity contribution >= 4 is 5.97 Å². The van der Waals surface area contributed by atoms with Crippen LogP contribution in [-0.2, 0) is 17.8 Å². The number of nitrogens with one attached hydrogen (secondary N) is 2. The summed E-state index contributed by atoms with van der Waals surface area (Å²) in [5.74, 6) is -0.810. The van der Waals surface area contributed by atoms with E-state index in [1.165, 1.54) is 0 Å². The highest BCUT2D eigenvalue weighted by molar-refractivity contribution is 5.74. The van der Waals surface area contributed by atoms with Gasteiger partial charge in [0.25, 0.3) is 0 Å². The van der Waals surface area contributed by atoms with E-state index in [-0.39, 0.29) is 0 Å². The third-order valence-electron chi connectivity index (χ3n) is 2.03. The number of carbonyl (C=O) groups is 1. The first-order valence-electron chi connectivity index (χ1n) is 3.74. The van der Waals surface area contributed by atoms with Crippen molar-refractivity contribution in [1.29, 1.82) is 0 Å². The largest absolute Gasteiger partial charge is 0.480 e. The van der Waals surface area contributed by atoms with Crippen molar-refractivity contribution in [3.63, 3.8) is 0 Å². The molecule has 0 saturated heterocycles. The van der Waals surface area contributed by atoms with Crippen LogP contribution in [0.5, 0.6) is 0 Å². The van der Waals surface area contributed by atoms with Crippen LogP contribution in [0.25, 0.3) is 0 Å². The zero-order valence-corrected chi connectivity index (χ0v) is 6.37. The lowest BCUT2D eigenvalue weighted by atomic mass is 10.1. The van der Waals surface area contributed by atoms with Crippen LogP contribution in [-0.4, -0.2) is 27.1 Å². The summed E-state index contributed by atoms with van der Waals surface area (Å²) in [6.45, 7) is 0.538. The smallest absolute Gasteiger partial charge is 0.321 e. The Hall–Kier alpha value is -1.36. The van der Waals surface area contributed by atoms with E-state index >= 15 is 0 Å². The third kappa shape index (κ3) is 1.08. The van der Waals surface area contributed by atoms with Gasteiger partial charge in [-0.05, 0) is 0 Å². The fourth-order valence-electron chi connectivity index (χ4n) is 1.35. The molecule has 3 N–H and O–H groups in total. The molecule has 64 valence electrons. The molecule has 0 spiro atoms. The van der Waals surface area contributed by atoms with E-state index in [1.807, 2.05) is 0 Å². The second-order valence-corrected chi connectivity index (χ2v) is 2.80. The minimum Gasteiger partial charge on any atom is -0.480 e. The van der Waals surface area contributed by atoms with Gasteiger partial charge in [0.2, 0.25) is 0 Å². The van der Waals surface area contributed by atoms with Gasteiger partial charge in [0.15, 0.2) is 0 Å². The van der Waals surface area contributed by atoms with Gasteiger partial charge in [0, 0.05) is 18.7 Å². The molecule has 1 aromatic heterocycles. The van der Waals surface area contributed by atoms with Gasteiger partial charge in [-0.25, -0.2) is 4.98 Å². The van der Waals surface area contributed by atoms with E-state index in [2.05, 4.69) is 15.3 Å². The van der Waals surface area contributed by atoms with E-state index in [4.69, 9.17) is 5.11 Å². The molecule has 0 amide bonds. The van der Waals surface area contributed by atoms with Crippen molar-refractivity contribution in [2.75, 3.05) is 0 Å². The minimum absolute atomic E-state index is 0.474. The summed E-state index contributed by atoms with van der Waals surface area (Å²) in [6, 6.07) is -0.474. The Balaban J connectivity index is 2.20. The molecule has 12 heavy (non-hydrogen) atoms. The van der Waals surface area contributed by atoms with Crippen LogP contribution < -0.4 is 5.32 Å². The summed E-state index contributed by atoms with van der Waals surface area (Å²) < 4.78 is 0. The quantitative estimate of drug-likeness (QED) is 0.527. The number of fused-ring (bicyclic) bond motifs is 1. The molecule has 0 radical (unpaired) electrons. The number of hydrogen-bond donors (Lipinski definition) is 3. The average molecular weight is 167 g/mol. The lowest BCUT2D eigenvalue weighted by Gasteiger charge is -2.18. The van der Waals surface area contributed by atoms with Crippen molar-refractivity contribution in [2.45, 2.75) is 19.0 Å². The lowest BCUT2D eigenvalue weighted by molar-refractivity contribution is -0.139. The normalized spacial score (nSPS) is 21.8. The van der Waals surface area contributed by atoms with Crippen molar-refractivity contribution in [3.8, 4) is 0 Å². The molecule has 0 saturated carbocycles. The maximum atomic E-state index is 10.6. The van der Waals surface area contributed by atoms with Crippen LogP contribution in [0.4, 0.5) is 0 Å². The van der Waals surface area contributed by atoms with E-state index in [1.54, 1.807) is 6.33 Å². The van der Waals surface area contributed by atoms with E-state index in [9.17, 15) is 4.79 Å². The van der Waals surface area contributed by atoms with Crippen molar-refractivity contribution < 1.29 is 9.90 Å². The molecule has 1 aliphatic rings. The Kier molecular flexibility index (Phi) is 1.58. The highest BCUT2D eigenvalue weighted by atomic mass is 16.4. The molecule has 0 aromatic carbocycles. The Morgan fingerprint density at radius 2 is 2.58 bits per heavy atom. The molecule has 1 aromatic rings. The highest BCUT2D eigenvalue weighted by Crippen LogP contribution is 2.11. The molecule has 2 heterocycles. The predicted molar refractivity (Wildman–Crippen MR) is 40.6 cm³/mol. The van der Waals surface area contributed by atoms with E-state index in [0.717, 1.165) is 11.4 Å². The molecule has 5 heteroatoms. The monoisotopic (exact) mass is 167 g/mol. The Bertz CT molecular complexity index is 307. The number of aliphatic carboxylic acids is 1. The molecule has 0 aliphatic carbocycles. The standard InChI is InChI=1S/C7H9N3O2/c11-7(12)5-1-4-6(2-8-5)10-3-9-4/h3,5,8H,1-2H2,(H,9,10)(H,11,12). The zero-order chi connectivity index (χ0) is 8.55. The molecule has 0 bridgehead atoms. The summed E-state index contributed by atoms with van der Waals surface area (Å²) in [6.07, 6.45) is 2.08. The van der Waals surface area contributed by atoms with E-state index in [0.29, 0.717) is 13.0 Å². The molecular formula is C7H9N3O2. The molecule has 1 atom stereocenters. The van der Waals surface area contributed by atoms with Crippen LogP contribution in [0.15, 0.2) is 6.33 Å². The second kappa shape index (κ2) is 2.60. The number of aromatic amines is 1. The Morgan fingerprint density at radius 3 is 3.33 bits per heavy atom. The third-order valence-corrected chi connectivity index (χ3v) is 2.03. The van der Waals surface area contributed by atoms with Crippen LogP contribution in [0.3, 0.4) is 0 Å².